The number of alkyl halides is 3. The van der Waals surface area contributed by atoms with Crippen LogP contribution in [0.2, 0.25) is 0 Å². The quantitative estimate of drug-likeness (QED) is 0.834. The average molecular weight is 370 g/mol. The largest absolute Gasteiger partial charge is 0.391 e. The Labute approximate surface area is 127 Å². The van der Waals surface area contributed by atoms with Crippen LogP contribution in [-0.2, 0) is 11.3 Å². The van der Waals surface area contributed by atoms with Crippen LogP contribution < -0.4 is 5.32 Å². The molecule has 2 unspecified atom stereocenters. The van der Waals surface area contributed by atoms with Gasteiger partial charge in [-0.25, -0.2) is 0 Å². The number of carbonyl (C=O) groups is 1. The van der Waals surface area contributed by atoms with Crippen molar-refractivity contribution in [2.24, 2.45) is 11.8 Å². The lowest BCUT2D eigenvalue weighted by Gasteiger charge is -2.29. The Hall–Kier alpha value is -0.560. The molecule has 0 saturated heterocycles. The molecule has 0 aliphatic heterocycles. The van der Waals surface area contributed by atoms with Crippen LogP contribution in [0, 0.1) is 11.8 Å². The van der Waals surface area contributed by atoms with Crippen LogP contribution >= 0.6 is 27.3 Å². The molecule has 0 bridgehead atoms. The third-order valence-electron chi connectivity index (χ3n) is 3.62. The summed E-state index contributed by atoms with van der Waals surface area (Å²) in [6, 6.07) is 1.88. The fourth-order valence-electron chi connectivity index (χ4n) is 2.49. The van der Waals surface area contributed by atoms with Crippen molar-refractivity contribution in [1.29, 1.82) is 0 Å². The number of hydrogen-bond donors (Lipinski definition) is 1. The molecule has 2 atom stereocenters. The fourth-order valence-corrected chi connectivity index (χ4v) is 3.92. The zero-order valence-electron chi connectivity index (χ0n) is 10.7. The SMILES string of the molecule is O=C(NCc1sccc1Br)C1CCCC(C(F)(F)F)C1. The third kappa shape index (κ3) is 3.97. The lowest BCUT2D eigenvalue weighted by atomic mass is 9.80. The van der Waals surface area contributed by atoms with Gasteiger partial charge in [-0.15, -0.1) is 11.3 Å². The number of hydrogen-bond acceptors (Lipinski definition) is 2. The van der Waals surface area contributed by atoms with E-state index in [4.69, 9.17) is 0 Å². The molecule has 1 saturated carbocycles. The molecule has 20 heavy (non-hydrogen) atoms. The van der Waals surface area contributed by atoms with E-state index in [-0.39, 0.29) is 18.7 Å². The maximum atomic E-state index is 12.7. The van der Waals surface area contributed by atoms with E-state index in [0.717, 1.165) is 9.35 Å². The van der Waals surface area contributed by atoms with E-state index in [1.165, 1.54) is 11.3 Å². The van der Waals surface area contributed by atoms with Crippen molar-refractivity contribution < 1.29 is 18.0 Å². The third-order valence-corrected chi connectivity index (χ3v) is 5.55. The van der Waals surface area contributed by atoms with Crippen LogP contribution in [-0.4, -0.2) is 12.1 Å². The number of nitrogens with one attached hydrogen (secondary N) is 1. The molecule has 1 aliphatic carbocycles. The van der Waals surface area contributed by atoms with Gasteiger partial charge >= 0.3 is 6.18 Å². The van der Waals surface area contributed by atoms with Crippen molar-refractivity contribution in [2.75, 3.05) is 0 Å². The van der Waals surface area contributed by atoms with Crippen molar-refractivity contribution in [3.05, 3.63) is 20.8 Å². The van der Waals surface area contributed by atoms with E-state index in [1.54, 1.807) is 0 Å². The zero-order valence-corrected chi connectivity index (χ0v) is 13.1. The van der Waals surface area contributed by atoms with Gasteiger partial charge in [0, 0.05) is 15.3 Å². The Kier molecular flexibility index (Phi) is 5.12. The highest BCUT2D eigenvalue weighted by Gasteiger charge is 2.43. The summed E-state index contributed by atoms with van der Waals surface area (Å²) >= 11 is 4.86. The number of amides is 1. The maximum Gasteiger partial charge on any atom is 0.391 e. The predicted octanol–water partition coefficient (Wildman–Crippen LogP) is 4.50. The Morgan fingerprint density at radius 3 is 2.80 bits per heavy atom. The number of thiophene rings is 1. The second-order valence-corrected chi connectivity index (χ2v) is 6.87. The molecule has 1 heterocycles. The van der Waals surface area contributed by atoms with E-state index >= 15 is 0 Å². The summed E-state index contributed by atoms with van der Waals surface area (Å²) in [4.78, 5) is 13.0. The highest BCUT2D eigenvalue weighted by atomic mass is 79.9. The monoisotopic (exact) mass is 369 g/mol. The summed E-state index contributed by atoms with van der Waals surface area (Å²) in [5, 5.41) is 4.64. The van der Waals surface area contributed by atoms with Crippen molar-refractivity contribution in [1.82, 2.24) is 5.32 Å². The predicted molar refractivity (Wildman–Crippen MR) is 75.4 cm³/mol. The van der Waals surface area contributed by atoms with Gasteiger partial charge in [0.05, 0.1) is 12.5 Å². The number of halogens is 4. The van der Waals surface area contributed by atoms with Gasteiger partial charge < -0.3 is 5.32 Å². The van der Waals surface area contributed by atoms with Gasteiger partial charge in [-0.3, -0.25) is 4.79 Å². The maximum absolute atomic E-state index is 12.7. The average Bonchev–Trinajstić information content (AvgIpc) is 2.81. The first-order valence-corrected chi connectivity index (χ1v) is 8.11. The Balaban J connectivity index is 1.88. The first-order valence-electron chi connectivity index (χ1n) is 6.44. The minimum atomic E-state index is -4.18. The topological polar surface area (TPSA) is 29.1 Å². The summed E-state index contributed by atoms with van der Waals surface area (Å²) in [7, 11) is 0. The lowest BCUT2D eigenvalue weighted by molar-refractivity contribution is -0.186. The highest BCUT2D eigenvalue weighted by molar-refractivity contribution is 9.10. The van der Waals surface area contributed by atoms with Gasteiger partial charge in [0.1, 0.15) is 0 Å². The van der Waals surface area contributed by atoms with E-state index in [0.29, 0.717) is 19.4 Å². The first-order chi connectivity index (χ1) is 9.38. The minimum Gasteiger partial charge on any atom is -0.351 e. The van der Waals surface area contributed by atoms with Gasteiger partial charge in [-0.05, 0) is 46.6 Å². The van der Waals surface area contributed by atoms with Gasteiger partial charge in [-0.1, -0.05) is 6.42 Å². The van der Waals surface area contributed by atoms with Gasteiger partial charge in [0.2, 0.25) is 5.91 Å². The minimum absolute atomic E-state index is 0.0824. The second-order valence-electron chi connectivity index (χ2n) is 5.01. The molecule has 2 rings (SSSR count). The smallest absolute Gasteiger partial charge is 0.351 e. The molecule has 7 heteroatoms. The normalized spacial score (nSPS) is 23.6. The molecule has 1 N–H and O–H groups in total. The van der Waals surface area contributed by atoms with Gasteiger partial charge in [0.25, 0.3) is 0 Å². The number of carbonyl (C=O) groups excluding carboxylic acids is 1. The second kappa shape index (κ2) is 6.47. The van der Waals surface area contributed by atoms with Crippen molar-refractivity contribution in [3.63, 3.8) is 0 Å². The first kappa shape index (κ1) is 15.8. The van der Waals surface area contributed by atoms with Crippen LogP contribution in [0.25, 0.3) is 0 Å². The van der Waals surface area contributed by atoms with Crippen molar-refractivity contribution in [2.45, 2.75) is 38.4 Å². The molecular weight excluding hydrogens is 355 g/mol. The van der Waals surface area contributed by atoms with Crippen LogP contribution in [0.4, 0.5) is 13.2 Å². The van der Waals surface area contributed by atoms with E-state index in [9.17, 15) is 18.0 Å². The van der Waals surface area contributed by atoms with Crippen LogP contribution in [0.1, 0.15) is 30.6 Å². The molecule has 2 nitrogen and oxygen atoms in total. The molecule has 1 amide bonds. The van der Waals surface area contributed by atoms with Crippen LogP contribution in [0.3, 0.4) is 0 Å². The molecule has 112 valence electrons. The standard InChI is InChI=1S/C13H15BrF3NOS/c14-10-4-5-20-11(10)7-18-12(19)8-2-1-3-9(6-8)13(15,16)17/h4-5,8-9H,1-3,6-7H2,(H,18,19). The van der Waals surface area contributed by atoms with Crippen LogP contribution in [0.15, 0.2) is 15.9 Å². The molecule has 0 aromatic carbocycles. The highest BCUT2D eigenvalue weighted by Crippen LogP contribution is 2.40. The van der Waals surface area contributed by atoms with Crippen LogP contribution in [0.5, 0.6) is 0 Å². The van der Waals surface area contributed by atoms with Gasteiger partial charge in [0.15, 0.2) is 0 Å². The zero-order chi connectivity index (χ0) is 14.8. The molecule has 1 aromatic heterocycles. The summed E-state index contributed by atoms with van der Waals surface area (Å²) in [5.74, 6) is -2.12. The van der Waals surface area contributed by atoms with Gasteiger partial charge in [-0.2, -0.15) is 13.2 Å². The van der Waals surface area contributed by atoms with Crippen molar-refractivity contribution >= 4 is 33.2 Å². The molecular formula is C13H15BrF3NOS. The van der Waals surface area contributed by atoms with E-state index in [1.807, 2.05) is 11.4 Å². The van der Waals surface area contributed by atoms with Crippen molar-refractivity contribution in [3.8, 4) is 0 Å². The Bertz CT molecular complexity index is 474. The summed E-state index contributed by atoms with van der Waals surface area (Å²) < 4.78 is 39.0. The lowest BCUT2D eigenvalue weighted by Crippen LogP contribution is -2.37. The molecule has 1 aromatic rings. The van der Waals surface area contributed by atoms with E-state index in [2.05, 4.69) is 21.2 Å². The molecule has 0 radical (unpaired) electrons. The fraction of sp³-hybridized carbons (Fsp3) is 0.615. The summed E-state index contributed by atoms with van der Waals surface area (Å²) in [6.45, 7) is 0.365. The molecule has 1 fully saturated rings. The Morgan fingerprint density at radius 2 is 2.20 bits per heavy atom. The number of rotatable bonds is 3. The molecule has 0 spiro atoms. The molecule has 1 aliphatic rings. The summed E-state index contributed by atoms with van der Waals surface area (Å²) in [5.41, 5.74) is 0. The summed E-state index contributed by atoms with van der Waals surface area (Å²) in [6.07, 6.45) is -3.12. The Morgan fingerprint density at radius 1 is 1.45 bits per heavy atom. The van der Waals surface area contributed by atoms with E-state index < -0.39 is 18.0 Å².